The van der Waals surface area contributed by atoms with E-state index < -0.39 is 0 Å². The molecule has 0 spiro atoms. The van der Waals surface area contributed by atoms with E-state index >= 15 is 0 Å². The number of aromatic nitrogens is 1. The van der Waals surface area contributed by atoms with Crippen LogP contribution in [0, 0.1) is 0 Å². The van der Waals surface area contributed by atoms with Crippen LogP contribution in [-0.2, 0) is 5.41 Å². The summed E-state index contributed by atoms with van der Waals surface area (Å²) in [7, 11) is 0. The number of anilines is 3. The first-order chi connectivity index (χ1) is 31.0. The Bertz CT molecular complexity index is 3390. The molecule has 298 valence electrons. The molecular weight excluding hydrogens is 761 g/mol. The number of rotatable bonds is 7. The second kappa shape index (κ2) is 14.6. The quantitative estimate of drug-likeness (QED) is 0.156. The van der Waals surface area contributed by atoms with Crippen LogP contribution in [0.3, 0.4) is 0 Å². The van der Waals surface area contributed by atoms with Gasteiger partial charge in [-0.3, -0.25) is 0 Å². The molecule has 10 aromatic carbocycles. The fraction of sp³-hybridized carbons (Fsp3) is 0.0492. The fourth-order valence-electron chi connectivity index (χ4n) is 10.2. The first-order valence-corrected chi connectivity index (χ1v) is 21.9. The highest BCUT2D eigenvalue weighted by Gasteiger charge is 2.36. The van der Waals surface area contributed by atoms with Crippen LogP contribution in [0.15, 0.2) is 231 Å². The van der Waals surface area contributed by atoms with Crippen LogP contribution >= 0.6 is 0 Å². The Labute approximate surface area is 368 Å². The first-order valence-electron chi connectivity index (χ1n) is 21.9. The molecule has 0 saturated heterocycles. The highest BCUT2D eigenvalue weighted by molar-refractivity contribution is 6.25. The Morgan fingerprint density at radius 1 is 0.349 bits per heavy atom. The summed E-state index contributed by atoms with van der Waals surface area (Å²) in [6.07, 6.45) is 0. The van der Waals surface area contributed by atoms with E-state index in [1.165, 1.54) is 88.2 Å². The van der Waals surface area contributed by atoms with E-state index in [0.29, 0.717) is 0 Å². The zero-order valence-electron chi connectivity index (χ0n) is 35.3. The number of hydrogen-bond acceptors (Lipinski definition) is 1. The van der Waals surface area contributed by atoms with Gasteiger partial charge in [0.15, 0.2) is 0 Å². The third-order valence-corrected chi connectivity index (χ3v) is 13.4. The maximum atomic E-state index is 2.52. The molecule has 11 aromatic rings. The van der Waals surface area contributed by atoms with Crippen molar-refractivity contribution in [3.05, 3.63) is 242 Å². The summed E-state index contributed by atoms with van der Waals surface area (Å²) in [5.74, 6) is 0. The third-order valence-electron chi connectivity index (χ3n) is 13.4. The van der Waals surface area contributed by atoms with E-state index in [2.05, 4.69) is 254 Å². The summed E-state index contributed by atoms with van der Waals surface area (Å²) in [4.78, 5) is 2.45. The van der Waals surface area contributed by atoms with E-state index in [0.717, 1.165) is 22.7 Å². The van der Waals surface area contributed by atoms with E-state index in [1.807, 2.05) is 0 Å². The maximum absolute atomic E-state index is 2.52. The molecule has 1 aliphatic carbocycles. The topological polar surface area (TPSA) is 8.17 Å². The molecule has 1 heterocycles. The van der Waals surface area contributed by atoms with Crippen molar-refractivity contribution in [3.63, 3.8) is 0 Å². The van der Waals surface area contributed by atoms with Crippen LogP contribution in [0.5, 0.6) is 0 Å². The molecule has 0 bridgehead atoms. The summed E-state index contributed by atoms with van der Waals surface area (Å²) in [6, 6.07) is 84.6. The van der Waals surface area contributed by atoms with Gasteiger partial charge < -0.3 is 9.47 Å². The molecule has 2 heteroatoms. The van der Waals surface area contributed by atoms with Gasteiger partial charge in [-0.15, -0.1) is 0 Å². The molecule has 0 atom stereocenters. The minimum Gasteiger partial charge on any atom is -0.310 e. The van der Waals surface area contributed by atoms with Gasteiger partial charge in [0.1, 0.15) is 0 Å². The van der Waals surface area contributed by atoms with E-state index in [9.17, 15) is 0 Å². The van der Waals surface area contributed by atoms with Crippen molar-refractivity contribution in [2.45, 2.75) is 19.3 Å². The highest BCUT2D eigenvalue weighted by atomic mass is 15.1. The summed E-state index contributed by atoms with van der Waals surface area (Å²) in [6.45, 7) is 4.76. The van der Waals surface area contributed by atoms with Gasteiger partial charge in [0.05, 0.1) is 16.7 Å². The van der Waals surface area contributed by atoms with Gasteiger partial charge in [-0.25, -0.2) is 0 Å². The lowest BCUT2D eigenvalue weighted by molar-refractivity contribution is 0.661. The molecule has 63 heavy (non-hydrogen) atoms. The second-order valence-electron chi connectivity index (χ2n) is 17.3. The van der Waals surface area contributed by atoms with Gasteiger partial charge >= 0.3 is 0 Å². The van der Waals surface area contributed by atoms with Crippen molar-refractivity contribution in [1.29, 1.82) is 0 Å². The minimum atomic E-state index is -0.138. The monoisotopic (exact) mass is 804 g/mol. The third kappa shape index (κ3) is 6.02. The smallest absolute Gasteiger partial charge is 0.0568 e. The standard InChI is InChI=1S/C61H44N2/c1-61(2)55-25-15-14-22-50(55)53-38-54-57(39-56(53)61)63(49-36-30-46(31-37-49)43-20-10-5-11-21-43)59-40-58(51-23-12-13-24-52(51)60(54)59)62(47-32-26-44(27-33-47)41-16-6-3-7-17-41)48-34-28-45(29-35-48)42-18-8-4-9-19-42/h3-40H,1-2H3. The minimum absolute atomic E-state index is 0.138. The maximum Gasteiger partial charge on any atom is 0.0568 e. The molecular formula is C61H44N2. The van der Waals surface area contributed by atoms with Gasteiger partial charge in [-0.2, -0.15) is 0 Å². The Balaban J connectivity index is 1.14. The SMILES string of the molecule is CC1(C)c2ccccc2-c2cc3c4c5ccccc5c(N(c5ccc(-c6ccccc6)cc5)c5ccc(-c6ccccc6)cc5)cc4n(-c4ccc(-c5ccccc5)cc4)c3cc21. The summed E-state index contributed by atoms with van der Waals surface area (Å²) in [5.41, 5.74) is 19.3. The zero-order chi connectivity index (χ0) is 42.1. The lowest BCUT2D eigenvalue weighted by Crippen LogP contribution is -2.15. The average molecular weight is 805 g/mol. The predicted octanol–water partition coefficient (Wildman–Crippen LogP) is 16.7. The van der Waals surface area contributed by atoms with Crippen LogP contribution in [0.2, 0.25) is 0 Å². The van der Waals surface area contributed by atoms with Gasteiger partial charge in [-0.05, 0) is 116 Å². The van der Waals surface area contributed by atoms with Gasteiger partial charge in [-0.1, -0.05) is 190 Å². The van der Waals surface area contributed by atoms with Crippen molar-refractivity contribution < 1.29 is 0 Å². The normalized spacial score (nSPS) is 12.7. The van der Waals surface area contributed by atoms with Crippen molar-refractivity contribution in [2.24, 2.45) is 0 Å². The van der Waals surface area contributed by atoms with Gasteiger partial charge in [0, 0.05) is 38.6 Å². The summed E-state index contributed by atoms with van der Waals surface area (Å²) in [5, 5.41) is 4.95. The Kier molecular flexibility index (Phi) is 8.55. The zero-order valence-corrected chi connectivity index (χ0v) is 35.3. The Hall–Kier alpha value is -7.94. The van der Waals surface area contributed by atoms with Gasteiger partial charge in [0.25, 0.3) is 0 Å². The fourth-order valence-corrected chi connectivity index (χ4v) is 10.2. The molecule has 0 saturated carbocycles. The summed E-state index contributed by atoms with van der Waals surface area (Å²) < 4.78 is 2.52. The predicted molar refractivity (Wildman–Crippen MR) is 267 cm³/mol. The van der Waals surface area contributed by atoms with Gasteiger partial charge in [0.2, 0.25) is 0 Å². The molecule has 0 amide bonds. The van der Waals surface area contributed by atoms with Crippen LogP contribution in [-0.4, -0.2) is 4.57 Å². The summed E-state index contributed by atoms with van der Waals surface area (Å²) >= 11 is 0. The lowest BCUT2D eigenvalue weighted by atomic mass is 9.82. The highest BCUT2D eigenvalue weighted by Crippen LogP contribution is 2.53. The first kappa shape index (κ1) is 36.9. The molecule has 0 aliphatic heterocycles. The van der Waals surface area contributed by atoms with Crippen LogP contribution in [0.1, 0.15) is 25.0 Å². The average Bonchev–Trinajstić information content (AvgIpc) is 3.79. The molecule has 0 radical (unpaired) electrons. The van der Waals surface area contributed by atoms with Crippen molar-refractivity contribution >= 4 is 49.6 Å². The number of benzene rings is 10. The largest absolute Gasteiger partial charge is 0.310 e. The molecule has 1 aliphatic rings. The molecule has 0 N–H and O–H groups in total. The van der Waals surface area contributed by atoms with Crippen LogP contribution in [0.25, 0.3) is 82.8 Å². The van der Waals surface area contributed by atoms with Crippen molar-refractivity contribution in [2.75, 3.05) is 4.90 Å². The van der Waals surface area contributed by atoms with E-state index in [1.54, 1.807) is 0 Å². The van der Waals surface area contributed by atoms with Crippen LogP contribution < -0.4 is 4.90 Å². The second-order valence-corrected chi connectivity index (χ2v) is 17.3. The molecule has 0 unspecified atom stereocenters. The van der Waals surface area contributed by atoms with Crippen molar-refractivity contribution in [1.82, 2.24) is 4.57 Å². The molecule has 1 aromatic heterocycles. The molecule has 2 nitrogen and oxygen atoms in total. The molecule has 12 rings (SSSR count). The molecule has 0 fully saturated rings. The number of fused-ring (bicyclic) bond motifs is 8. The number of hydrogen-bond donors (Lipinski definition) is 0. The van der Waals surface area contributed by atoms with Crippen molar-refractivity contribution in [3.8, 4) is 50.2 Å². The Morgan fingerprint density at radius 3 is 1.37 bits per heavy atom. The van der Waals surface area contributed by atoms with Crippen LogP contribution in [0.4, 0.5) is 17.1 Å². The van der Waals surface area contributed by atoms with E-state index in [4.69, 9.17) is 0 Å². The lowest BCUT2D eigenvalue weighted by Gasteiger charge is -2.28. The number of nitrogens with zero attached hydrogens (tertiary/aromatic N) is 2. The Morgan fingerprint density at radius 2 is 0.810 bits per heavy atom. The van der Waals surface area contributed by atoms with E-state index in [-0.39, 0.29) is 5.41 Å².